The van der Waals surface area contributed by atoms with Gasteiger partial charge in [0.2, 0.25) is 0 Å². The van der Waals surface area contributed by atoms with Crippen molar-refractivity contribution in [2.45, 2.75) is 26.8 Å². The lowest BCUT2D eigenvalue weighted by atomic mass is 10.1. The molecule has 2 nitrogen and oxygen atoms in total. The predicted molar refractivity (Wildman–Crippen MR) is 105 cm³/mol. The lowest BCUT2D eigenvalue weighted by molar-refractivity contribution is 0.0746. The molecule has 0 fully saturated rings. The van der Waals surface area contributed by atoms with Gasteiger partial charge in [-0.25, -0.2) is 0 Å². The Bertz CT molecular complexity index is 821. The quantitative estimate of drug-likeness (QED) is 0.595. The van der Waals surface area contributed by atoms with E-state index in [1.54, 1.807) is 11.3 Å². The van der Waals surface area contributed by atoms with Crippen molar-refractivity contribution < 1.29 is 4.79 Å². The number of aryl methyl sites for hydroxylation is 2. The number of hydrogen-bond donors (Lipinski definition) is 0. The third kappa shape index (κ3) is 4.58. The molecule has 0 saturated heterocycles. The molecule has 0 aliphatic heterocycles. The topological polar surface area (TPSA) is 20.3 Å². The maximum atomic E-state index is 13.0. The van der Waals surface area contributed by atoms with E-state index < -0.39 is 0 Å². The van der Waals surface area contributed by atoms with Gasteiger partial charge < -0.3 is 4.90 Å². The summed E-state index contributed by atoms with van der Waals surface area (Å²) in [4.78, 5) is 16.3. The van der Waals surface area contributed by atoms with Crippen LogP contribution in [0.15, 0.2) is 66.0 Å². The zero-order valence-electron chi connectivity index (χ0n) is 14.7. The van der Waals surface area contributed by atoms with E-state index in [9.17, 15) is 4.79 Å². The molecule has 0 aliphatic rings. The molecular formula is C22H23NOS. The van der Waals surface area contributed by atoms with Crippen molar-refractivity contribution >= 4 is 17.2 Å². The zero-order valence-corrected chi connectivity index (χ0v) is 15.6. The minimum absolute atomic E-state index is 0.101. The highest BCUT2D eigenvalue weighted by Gasteiger charge is 2.17. The second kappa shape index (κ2) is 8.13. The van der Waals surface area contributed by atoms with Gasteiger partial charge >= 0.3 is 0 Å². The molecule has 2 aromatic carbocycles. The van der Waals surface area contributed by atoms with Gasteiger partial charge in [-0.05, 0) is 55.0 Å². The first kappa shape index (κ1) is 17.4. The van der Waals surface area contributed by atoms with Crippen LogP contribution >= 0.6 is 11.3 Å². The minimum atomic E-state index is 0.101. The van der Waals surface area contributed by atoms with Crippen molar-refractivity contribution in [3.05, 3.63) is 93.2 Å². The molecule has 25 heavy (non-hydrogen) atoms. The Morgan fingerprint density at radius 2 is 1.68 bits per heavy atom. The number of amides is 1. The van der Waals surface area contributed by atoms with E-state index in [1.165, 1.54) is 21.6 Å². The van der Waals surface area contributed by atoms with Crippen LogP contribution in [-0.2, 0) is 13.0 Å². The molecule has 3 heteroatoms. The van der Waals surface area contributed by atoms with Gasteiger partial charge in [0.1, 0.15) is 0 Å². The van der Waals surface area contributed by atoms with Gasteiger partial charge in [0, 0.05) is 17.0 Å². The summed E-state index contributed by atoms with van der Waals surface area (Å²) in [5.41, 5.74) is 4.44. The summed E-state index contributed by atoms with van der Waals surface area (Å²) in [7, 11) is 0. The van der Waals surface area contributed by atoms with Gasteiger partial charge in [0.25, 0.3) is 5.91 Å². The van der Waals surface area contributed by atoms with E-state index in [1.807, 2.05) is 54.3 Å². The summed E-state index contributed by atoms with van der Waals surface area (Å²) in [6.45, 7) is 5.53. The molecule has 0 spiro atoms. The number of nitrogens with zero attached hydrogens (tertiary/aromatic N) is 1. The van der Waals surface area contributed by atoms with Crippen LogP contribution in [-0.4, -0.2) is 17.4 Å². The molecule has 128 valence electrons. The number of thiophene rings is 1. The van der Waals surface area contributed by atoms with E-state index in [-0.39, 0.29) is 5.91 Å². The molecule has 0 radical (unpaired) electrons. The Kier molecular flexibility index (Phi) is 5.67. The largest absolute Gasteiger partial charge is 0.333 e. The predicted octanol–water partition coefficient (Wildman–Crippen LogP) is 5.25. The monoisotopic (exact) mass is 349 g/mol. The molecule has 1 aromatic heterocycles. The first-order valence-corrected chi connectivity index (χ1v) is 9.44. The zero-order chi connectivity index (χ0) is 17.6. The Balaban J connectivity index is 1.79. The Morgan fingerprint density at radius 1 is 0.960 bits per heavy atom. The van der Waals surface area contributed by atoms with Crippen molar-refractivity contribution in [3.63, 3.8) is 0 Å². The second-order valence-corrected chi connectivity index (χ2v) is 7.36. The second-order valence-electron chi connectivity index (χ2n) is 6.36. The number of hydrogen-bond acceptors (Lipinski definition) is 2. The highest BCUT2D eigenvalue weighted by Crippen LogP contribution is 2.20. The Morgan fingerprint density at radius 3 is 2.32 bits per heavy atom. The summed E-state index contributed by atoms with van der Waals surface area (Å²) in [5, 5.41) is 2.09. The van der Waals surface area contributed by atoms with E-state index in [0.29, 0.717) is 13.1 Å². The average molecular weight is 349 g/mol. The van der Waals surface area contributed by atoms with Crippen LogP contribution < -0.4 is 0 Å². The molecular weight excluding hydrogens is 326 g/mol. The summed E-state index contributed by atoms with van der Waals surface area (Å²) in [6, 6.07) is 20.3. The van der Waals surface area contributed by atoms with Crippen LogP contribution in [0.5, 0.6) is 0 Å². The SMILES string of the molecule is Cc1ccc(C(=O)N(CCc2ccccc2)Cc2sccc2C)cc1. The fourth-order valence-electron chi connectivity index (χ4n) is 2.78. The molecule has 0 saturated carbocycles. The number of carbonyl (C=O) groups excluding carboxylic acids is 1. The summed E-state index contributed by atoms with van der Waals surface area (Å²) >= 11 is 1.72. The fraction of sp³-hybridized carbons (Fsp3) is 0.227. The first-order valence-electron chi connectivity index (χ1n) is 8.56. The molecule has 0 aliphatic carbocycles. The van der Waals surface area contributed by atoms with Gasteiger partial charge in [-0.3, -0.25) is 4.79 Å². The van der Waals surface area contributed by atoms with Gasteiger partial charge in [-0.1, -0.05) is 48.0 Å². The van der Waals surface area contributed by atoms with Crippen LogP contribution in [0.25, 0.3) is 0 Å². The van der Waals surface area contributed by atoms with Crippen molar-refractivity contribution in [1.82, 2.24) is 4.90 Å². The number of benzene rings is 2. The molecule has 3 aromatic rings. The van der Waals surface area contributed by atoms with Crippen molar-refractivity contribution in [2.24, 2.45) is 0 Å². The van der Waals surface area contributed by atoms with Gasteiger partial charge in [0.15, 0.2) is 0 Å². The van der Waals surface area contributed by atoms with E-state index in [2.05, 4.69) is 30.5 Å². The van der Waals surface area contributed by atoms with Crippen molar-refractivity contribution in [3.8, 4) is 0 Å². The van der Waals surface area contributed by atoms with Crippen LogP contribution in [0.3, 0.4) is 0 Å². The normalized spacial score (nSPS) is 10.6. The van der Waals surface area contributed by atoms with E-state index >= 15 is 0 Å². The third-order valence-electron chi connectivity index (χ3n) is 4.40. The number of rotatable bonds is 6. The molecule has 1 heterocycles. The highest BCUT2D eigenvalue weighted by molar-refractivity contribution is 7.10. The molecule has 0 unspecified atom stereocenters. The Hall–Kier alpha value is -2.39. The van der Waals surface area contributed by atoms with E-state index in [4.69, 9.17) is 0 Å². The van der Waals surface area contributed by atoms with Gasteiger partial charge in [-0.2, -0.15) is 0 Å². The molecule has 0 atom stereocenters. The van der Waals surface area contributed by atoms with Gasteiger partial charge in [0.05, 0.1) is 6.54 Å². The minimum Gasteiger partial charge on any atom is -0.333 e. The fourth-order valence-corrected chi connectivity index (χ4v) is 3.70. The lowest BCUT2D eigenvalue weighted by Crippen LogP contribution is -2.32. The molecule has 0 bridgehead atoms. The molecule has 0 N–H and O–H groups in total. The smallest absolute Gasteiger partial charge is 0.254 e. The van der Waals surface area contributed by atoms with Crippen LogP contribution in [0.2, 0.25) is 0 Å². The average Bonchev–Trinajstić information content (AvgIpc) is 3.04. The third-order valence-corrected chi connectivity index (χ3v) is 5.41. The Labute approximate surface area is 153 Å². The van der Waals surface area contributed by atoms with Crippen molar-refractivity contribution in [2.75, 3.05) is 6.54 Å². The maximum Gasteiger partial charge on any atom is 0.254 e. The first-order chi connectivity index (χ1) is 12.1. The standard InChI is InChI=1S/C22H23NOS/c1-17-8-10-20(11-9-17)22(24)23(16-21-18(2)13-15-25-21)14-12-19-6-4-3-5-7-19/h3-11,13,15H,12,14,16H2,1-2H3. The molecule has 3 rings (SSSR count). The summed E-state index contributed by atoms with van der Waals surface area (Å²) in [6.07, 6.45) is 0.864. The van der Waals surface area contributed by atoms with Gasteiger partial charge in [-0.15, -0.1) is 11.3 Å². The summed E-state index contributed by atoms with van der Waals surface area (Å²) < 4.78 is 0. The highest BCUT2D eigenvalue weighted by atomic mass is 32.1. The maximum absolute atomic E-state index is 13.0. The number of carbonyl (C=O) groups is 1. The van der Waals surface area contributed by atoms with Crippen LogP contribution in [0.4, 0.5) is 0 Å². The van der Waals surface area contributed by atoms with Crippen LogP contribution in [0, 0.1) is 13.8 Å². The van der Waals surface area contributed by atoms with Crippen molar-refractivity contribution in [1.29, 1.82) is 0 Å². The summed E-state index contributed by atoms with van der Waals surface area (Å²) in [5.74, 6) is 0.101. The van der Waals surface area contributed by atoms with Crippen LogP contribution in [0.1, 0.15) is 31.9 Å². The lowest BCUT2D eigenvalue weighted by Gasteiger charge is -2.23. The van der Waals surface area contributed by atoms with E-state index in [0.717, 1.165) is 12.0 Å². The molecule has 1 amide bonds.